The van der Waals surface area contributed by atoms with Crippen molar-refractivity contribution in [1.29, 1.82) is 0 Å². The Bertz CT molecular complexity index is 892. The van der Waals surface area contributed by atoms with Crippen LogP contribution in [0.1, 0.15) is 12.0 Å². The summed E-state index contributed by atoms with van der Waals surface area (Å²) in [5, 5.41) is 0.215. The molecular weight excluding hydrogens is 314 g/mol. The molecule has 7 heteroatoms. The molecule has 1 aromatic carbocycles. The third kappa shape index (κ3) is 2.30. The maximum Gasteiger partial charge on any atom is 0.226 e. The third-order valence-electron chi connectivity index (χ3n) is 4.19. The molecule has 4 rings (SSSR count). The lowest BCUT2D eigenvalue weighted by molar-refractivity contribution is 0.414. The van der Waals surface area contributed by atoms with Crippen LogP contribution in [-0.2, 0) is 13.5 Å². The molecule has 1 aliphatic rings. The molecule has 6 nitrogen and oxygen atoms in total. The Morgan fingerprint density at radius 3 is 2.96 bits per heavy atom. The van der Waals surface area contributed by atoms with Crippen molar-refractivity contribution in [2.75, 3.05) is 18.6 Å². The molecule has 118 valence electrons. The van der Waals surface area contributed by atoms with Gasteiger partial charge in [-0.05, 0) is 48.2 Å². The van der Waals surface area contributed by atoms with E-state index in [2.05, 4.69) is 32.0 Å². The van der Waals surface area contributed by atoms with Crippen LogP contribution in [0.5, 0.6) is 5.75 Å². The second-order valence-corrected chi connectivity index (χ2v) is 5.93. The second-order valence-electron chi connectivity index (χ2n) is 5.59. The largest absolute Gasteiger partial charge is 0.497 e. The first-order chi connectivity index (χ1) is 11.2. The number of methoxy groups -OCH3 is 1. The smallest absolute Gasteiger partial charge is 0.226 e. The van der Waals surface area contributed by atoms with Crippen molar-refractivity contribution in [1.82, 2.24) is 19.5 Å². The predicted molar refractivity (Wildman–Crippen MR) is 89.6 cm³/mol. The molecule has 0 saturated carbocycles. The van der Waals surface area contributed by atoms with E-state index in [4.69, 9.17) is 16.3 Å². The SMILES string of the molecule is COc1ccc2c(c1)CCCN2c1nc(Cl)nc2ncn(C)c12. The van der Waals surface area contributed by atoms with E-state index in [1.807, 2.05) is 17.7 Å². The van der Waals surface area contributed by atoms with Crippen molar-refractivity contribution >= 4 is 34.3 Å². The van der Waals surface area contributed by atoms with Crippen LogP contribution in [0.2, 0.25) is 5.28 Å². The van der Waals surface area contributed by atoms with Crippen LogP contribution in [0.15, 0.2) is 24.5 Å². The molecule has 0 amide bonds. The zero-order chi connectivity index (χ0) is 16.0. The number of imidazole rings is 1. The molecule has 0 saturated heterocycles. The fraction of sp³-hybridized carbons (Fsp3) is 0.312. The number of halogens is 1. The van der Waals surface area contributed by atoms with Gasteiger partial charge in [0.1, 0.15) is 11.3 Å². The molecule has 0 radical (unpaired) electrons. The van der Waals surface area contributed by atoms with E-state index in [1.165, 1.54) is 5.56 Å². The van der Waals surface area contributed by atoms with Gasteiger partial charge in [0.05, 0.1) is 13.4 Å². The molecule has 2 aromatic heterocycles. The number of hydrogen-bond donors (Lipinski definition) is 0. The predicted octanol–water partition coefficient (Wildman–Crippen LogP) is 3.11. The van der Waals surface area contributed by atoms with Gasteiger partial charge >= 0.3 is 0 Å². The molecule has 0 aliphatic carbocycles. The minimum atomic E-state index is 0.215. The number of fused-ring (bicyclic) bond motifs is 2. The van der Waals surface area contributed by atoms with Crippen molar-refractivity contribution in [3.8, 4) is 5.75 Å². The van der Waals surface area contributed by atoms with Gasteiger partial charge in [-0.15, -0.1) is 0 Å². The van der Waals surface area contributed by atoms with Gasteiger partial charge in [-0.2, -0.15) is 9.97 Å². The van der Waals surface area contributed by atoms with Crippen molar-refractivity contribution in [3.05, 3.63) is 35.4 Å². The van der Waals surface area contributed by atoms with Gasteiger partial charge < -0.3 is 14.2 Å². The van der Waals surface area contributed by atoms with E-state index in [-0.39, 0.29) is 5.28 Å². The first kappa shape index (κ1) is 14.3. The standard InChI is InChI=1S/C16H16ClN5O/c1-21-9-18-14-13(21)15(20-16(17)19-14)22-7-3-4-10-8-11(23-2)5-6-12(10)22/h5-6,8-9H,3-4,7H2,1-2H3. The summed E-state index contributed by atoms with van der Waals surface area (Å²) in [6.07, 6.45) is 3.80. The summed E-state index contributed by atoms with van der Waals surface area (Å²) in [6.45, 7) is 0.882. The third-order valence-corrected chi connectivity index (χ3v) is 4.36. The van der Waals surface area contributed by atoms with Crippen LogP contribution in [0.3, 0.4) is 0 Å². The number of ether oxygens (including phenoxy) is 1. The van der Waals surface area contributed by atoms with Crippen LogP contribution >= 0.6 is 11.6 Å². The van der Waals surface area contributed by atoms with Crippen molar-refractivity contribution in [2.24, 2.45) is 7.05 Å². The van der Waals surface area contributed by atoms with Gasteiger partial charge in [0.2, 0.25) is 5.28 Å². The topological polar surface area (TPSA) is 56.1 Å². The van der Waals surface area contributed by atoms with Gasteiger partial charge in [-0.3, -0.25) is 0 Å². The molecule has 0 unspecified atom stereocenters. The fourth-order valence-corrected chi connectivity index (χ4v) is 3.28. The summed E-state index contributed by atoms with van der Waals surface area (Å²) >= 11 is 6.11. The van der Waals surface area contributed by atoms with Gasteiger partial charge in [0, 0.05) is 19.3 Å². The Balaban J connectivity index is 1.92. The Kier molecular flexibility index (Phi) is 3.34. The lowest BCUT2D eigenvalue weighted by Crippen LogP contribution is -2.26. The summed E-state index contributed by atoms with van der Waals surface area (Å²) in [7, 11) is 3.63. The molecule has 0 spiro atoms. The van der Waals surface area contributed by atoms with Crippen LogP contribution in [-0.4, -0.2) is 33.2 Å². The van der Waals surface area contributed by atoms with Gasteiger partial charge in [0.15, 0.2) is 11.5 Å². The summed E-state index contributed by atoms with van der Waals surface area (Å²) in [5.41, 5.74) is 3.89. The van der Waals surface area contributed by atoms with E-state index >= 15 is 0 Å². The molecule has 0 fully saturated rings. The van der Waals surface area contributed by atoms with Gasteiger partial charge in [0.25, 0.3) is 0 Å². The quantitative estimate of drug-likeness (QED) is 0.676. The second kappa shape index (κ2) is 5.38. The van der Waals surface area contributed by atoms with Gasteiger partial charge in [-0.1, -0.05) is 0 Å². The lowest BCUT2D eigenvalue weighted by atomic mass is 10.0. The van der Waals surface area contributed by atoms with E-state index in [1.54, 1.807) is 13.4 Å². The number of rotatable bonds is 2. The lowest BCUT2D eigenvalue weighted by Gasteiger charge is -2.31. The zero-order valence-electron chi connectivity index (χ0n) is 13.0. The van der Waals surface area contributed by atoms with E-state index in [0.717, 1.165) is 42.2 Å². The Morgan fingerprint density at radius 2 is 2.13 bits per heavy atom. The Morgan fingerprint density at radius 1 is 1.26 bits per heavy atom. The highest BCUT2D eigenvalue weighted by Crippen LogP contribution is 2.37. The average Bonchev–Trinajstić information content (AvgIpc) is 2.94. The number of anilines is 2. The summed E-state index contributed by atoms with van der Waals surface area (Å²) < 4.78 is 7.27. The molecule has 0 N–H and O–H groups in total. The molecule has 0 atom stereocenters. The van der Waals surface area contributed by atoms with Crippen LogP contribution < -0.4 is 9.64 Å². The summed E-state index contributed by atoms with van der Waals surface area (Å²) in [4.78, 5) is 15.2. The minimum absolute atomic E-state index is 0.215. The maximum atomic E-state index is 6.11. The number of hydrogen-bond acceptors (Lipinski definition) is 5. The minimum Gasteiger partial charge on any atom is -0.497 e. The number of aryl methyl sites for hydroxylation is 2. The van der Waals surface area contributed by atoms with Crippen molar-refractivity contribution in [2.45, 2.75) is 12.8 Å². The van der Waals surface area contributed by atoms with Crippen molar-refractivity contribution < 1.29 is 4.74 Å². The Hall–Kier alpha value is -2.34. The summed E-state index contributed by atoms with van der Waals surface area (Å²) in [5.74, 6) is 1.67. The fourth-order valence-electron chi connectivity index (χ4n) is 3.12. The van der Waals surface area contributed by atoms with E-state index in [0.29, 0.717) is 5.65 Å². The van der Waals surface area contributed by atoms with Crippen molar-refractivity contribution in [3.63, 3.8) is 0 Å². The number of nitrogens with zero attached hydrogens (tertiary/aromatic N) is 5. The monoisotopic (exact) mass is 329 g/mol. The van der Waals surface area contributed by atoms with Crippen LogP contribution in [0.25, 0.3) is 11.2 Å². The molecule has 1 aliphatic heterocycles. The zero-order valence-corrected chi connectivity index (χ0v) is 13.7. The molecule has 0 bridgehead atoms. The number of aromatic nitrogens is 4. The molecule has 3 heterocycles. The Labute approximate surface area is 138 Å². The molecule has 3 aromatic rings. The van der Waals surface area contributed by atoms with E-state index in [9.17, 15) is 0 Å². The van der Waals surface area contributed by atoms with Crippen LogP contribution in [0, 0.1) is 0 Å². The first-order valence-corrected chi connectivity index (χ1v) is 7.84. The van der Waals surface area contributed by atoms with E-state index < -0.39 is 0 Å². The van der Waals surface area contributed by atoms with Gasteiger partial charge in [-0.25, -0.2) is 4.98 Å². The average molecular weight is 330 g/mol. The highest BCUT2D eigenvalue weighted by Gasteiger charge is 2.24. The number of benzene rings is 1. The van der Waals surface area contributed by atoms with Crippen LogP contribution in [0.4, 0.5) is 11.5 Å². The normalized spacial score (nSPS) is 14.1. The molecule has 23 heavy (non-hydrogen) atoms. The molecular formula is C16H16ClN5O. The summed E-state index contributed by atoms with van der Waals surface area (Å²) in [6, 6.07) is 6.14. The highest BCUT2D eigenvalue weighted by atomic mass is 35.5. The first-order valence-electron chi connectivity index (χ1n) is 7.46. The highest BCUT2D eigenvalue weighted by molar-refractivity contribution is 6.28. The maximum absolute atomic E-state index is 6.11.